The van der Waals surface area contributed by atoms with Crippen LogP contribution in [0.5, 0.6) is 0 Å². The van der Waals surface area contributed by atoms with Crippen molar-refractivity contribution >= 4 is 23.6 Å². The molecule has 0 aromatic heterocycles. The molecule has 0 aliphatic carbocycles. The Labute approximate surface area is 127 Å². The van der Waals surface area contributed by atoms with Crippen LogP contribution in [0.4, 0.5) is 0 Å². The second-order valence-electron chi connectivity index (χ2n) is 5.78. The van der Waals surface area contributed by atoms with Gasteiger partial charge in [0.15, 0.2) is 0 Å². The van der Waals surface area contributed by atoms with Crippen LogP contribution in [0, 0.1) is 0 Å². The van der Waals surface area contributed by atoms with Crippen molar-refractivity contribution in [2.75, 3.05) is 32.5 Å². The number of quaternary nitrogens is 1. The molecule has 2 saturated heterocycles. The maximum absolute atomic E-state index is 11.8. The fourth-order valence-electron chi connectivity index (χ4n) is 3.08. The number of fused-ring (bicyclic) bond motifs is 1. The van der Waals surface area contributed by atoms with Crippen LogP contribution in [-0.2, 0) is 14.3 Å². The lowest BCUT2D eigenvalue weighted by Gasteiger charge is -2.49. The number of amides is 1. The Balaban J connectivity index is 1.81. The average Bonchev–Trinajstić information content (AvgIpc) is 2.45. The van der Waals surface area contributed by atoms with E-state index in [2.05, 4.69) is 7.05 Å². The highest BCUT2D eigenvalue weighted by molar-refractivity contribution is 8.00. The summed E-state index contributed by atoms with van der Waals surface area (Å²) >= 11 is 1.51. The van der Waals surface area contributed by atoms with Gasteiger partial charge in [-0.15, -0.1) is 11.8 Å². The Morgan fingerprint density at radius 3 is 3.05 bits per heavy atom. The number of carbonyl (C=O) groups is 2. The molecule has 8 heteroatoms. The van der Waals surface area contributed by atoms with Crippen molar-refractivity contribution in [2.45, 2.75) is 23.9 Å². The maximum atomic E-state index is 11.8. The zero-order chi connectivity index (χ0) is 15.1. The highest BCUT2D eigenvalue weighted by Gasteiger charge is 2.50. The van der Waals surface area contributed by atoms with E-state index in [1.54, 1.807) is 0 Å². The third kappa shape index (κ3) is 2.57. The van der Waals surface area contributed by atoms with Crippen LogP contribution >= 0.6 is 11.8 Å². The number of ether oxygens (including phenoxy) is 1. The van der Waals surface area contributed by atoms with Crippen LogP contribution < -0.4 is 15.7 Å². The molecule has 7 nitrogen and oxygen atoms in total. The number of carboxylic acids is 1. The minimum Gasteiger partial charge on any atom is -0.543 e. The van der Waals surface area contributed by atoms with Crippen molar-refractivity contribution in [3.05, 3.63) is 11.3 Å². The second kappa shape index (κ2) is 5.60. The summed E-state index contributed by atoms with van der Waals surface area (Å²) in [6, 6.07) is -0.604. The van der Waals surface area contributed by atoms with Crippen molar-refractivity contribution in [1.29, 1.82) is 0 Å². The number of carbonyl (C=O) groups excluding carboxylic acids is 2. The minimum absolute atomic E-state index is 0.00898. The van der Waals surface area contributed by atoms with E-state index in [9.17, 15) is 14.7 Å². The Bertz CT molecular complexity index is 510. The molecular weight excluding hydrogens is 294 g/mol. The van der Waals surface area contributed by atoms with Gasteiger partial charge in [-0.25, -0.2) is 0 Å². The number of morpholine rings is 1. The lowest BCUT2D eigenvalue weighted by atomic mass is 10.00. The molecule has 3 rings (SSSR count). The van der Waals surface area contributed by atoms with E-state index in [1.165, 1.54) is 21.6 Å². The quantitative estimate of drug-likeness (QED) is 0.525. The van der Waals surface area contributed by atoms with E-state index < -0.39 is 12.0 Å². The largest absolute Gasteiger partial charge is 0.543 e. The Morgan fingerprint density at radius 2 is 2.38 bits per heavy atom. The van der Waals surface area contributed by atoms with Gasteiger partial charge in [0.1, 0.15) is 30.6 Å². The van der Waals surface area contributed by atoms with Crippen LogP contribution in [0.3, 0.4) is 0 Å². The topological polar surface area (TPSA) is 100 Å². The summed E-state index contributed by atoms with van der Waals surface area (Å²) in [5, 5.41) is 11.2. The predicted molar refractivity (Wildman–Crippen MR) is 74.1 cm³/mol. The predicted octanol–water partition coefficient (Wildman–Crippen LogP) is -3.46. The van der Waals surface area contributed by atoms with E-state index in [1.807, 2.05) is 0 Å². The number of β-lactam (4-membered cyclic amide) rings is 1. The van der Waals surface area contributed by atoms with Gasteiger partial charge < -0.3 is 25.3 Å². The zero-order valence-corrected chi connectivity index (χ0v) is 12.6. The van der Waals surface area contributed by atoms with Gasteiger partial charge >= 0.3 is 0 Å². The first kappa shape index (κ1) is 14.8. The number of nitrogens with zero attached hydrogens (tertiary/aromatic N) is 1. The molecule has 116 valence electrons. The molecule has 1 amide bonds. The SMILES string of the molecule is C[NH+]1CCOC(CC2=C(C(=O)[O-])N3C(=O)C(N)C3SC2)C1. The highest BCUT2D eigenvalue weighted by Crippen LogP contribution is 2.40. The van der Waals surface area contributed by atoms with Crippen LogP contribution in [-0.4, -0.2) is 66.8 Å². The molecule has 4 atom stereocenters. The summed E-state index contributed by atoms with van der Waals surface area (Å²) in [6.45, 7) is 2.47. The van der Waals surface area contributed by atoms with Gasteiger partial charge in [-0.3, -0.25) is 9.69 Å². The Hall–Kier alpha value is -1.09. The van der Waals surface area contributed by atoms with E-state index in [-0.39, 0.29) is 23.1 Å². The lowest BCUT2D eigenvalue weighted by Crippen LogP contribution is -3.12. The van der Waals surface area contributed by atoms with Gasteiger partial charge in [-0.05, 0) is 5.57 Å². The number of carboxylic acid groups (broad SMARTS) is 1. The molecule has 4 unspecified atom stereocenters. The monoisotopic (exact) mass is 313 g/mol. The summed E-state index contributed by atoms with van der Waals surface area (Å²) in [5.74, 6) is -1.08. The van der Waals surface area contributed by atoms with Crippen molar-refractivity contribution in [3.8, 4) is 0 Å². The normalized spacial score (nSPS) is 36.3. The first-order valence-electron chi connectivity index (χ1n) is 7.05. The van der Waals surface area contributed by atoms with Crippen LogP contribution in [0.15, 0.2) is 11.3 Å². The van der Waals surface area contributed by atoms with Crippen molar-refractivity contribution < 1.29 is 24.3 Å². The van der Waals surface area contributed by atoms with Crippen LogP contribution in [0.2, 0.25) is 0 Å². The number of hydrogen-bond donors (Lipinski definition) is 2. The van der Waals surface area contributed by atoms with Crippen molar-refractivity contribution in [1.82, 2.24) is 4.90 Å². The number of thioether (sulfide) groups is 1. The molecule has 21 heavy (non-hydrogen) atoms. The van der Waals surface area contributed by atoms with E-state index in [4.69, 9.17) is 10.5 Å². The summed E-state index contributed by atoms with van der Waals surface area (Å²) in [5.41, 5.74) is 6.44. The third-order valence-electron chi connectivity index (χ3n) is 4.21. The van der Waals surface area contributed by atoms with Gasteiger partial charge in [0, 0.05) is 12.2 Å². The summed E-state index contributed by atoms with van der Waals surface area (Å²) in [7, 11) is 2.09. The third-order valence-corrected chi connectivity index (χ3v) is 5.58. The molecule has 0 saturated carbocycles. The van der Waals surface area contributed by atoms with Gasteiger partial charge in [0.2, 0.25) is 5.91 Å². The van der Waals surface area contributed by atoms with E-state index in [0.717, 1.165) is 18.7 Å². The lowest BCUT2D eigenvalue weighted by molar-refractivity contribution is -0.892. The fraction of sp³-hybridized carbons (Fsp3) is 0.692. The number of rotatable bonds is 3. The summed E-state index contributed by atoms with van der Waals surface area (Å²) in [6.07, 6.45) is 0.518. The molecule has 3 aliphatic rings. The molecule has 0 radical (unpaired) electrons. The van der Waals surface area contributed by atoms with Gasteiger partial charge in [-0.1, -0.05) is 0 Å². The minimum atomic E-state index is -1.30. The molecule has 3 heterocycles. The van der Waals surface area contributed by atoms with E-state index >= 15 is 0 Å². The van der Waals surface area contributed by atoms with Gasteiger partial charge in [0.05, 0.1) is 25.3 Å². The Morgan fingerprint density at radius 1 is 1.62 bits per heavy atom. The Kier molecular flexibility index (Phi) is 3.96. The maximum Gasteiger partial charge on any atom is 0.248 e. The molecule has 0 aromatic carbocycles. The van der Waals surface area contributed by atoms with Crippen LogP contribution in [0.1, 0.15) is 6.42 Å². The first-order valence-corrected chi connectivity index (χ1v) is 8.10. The average molecular weight is 313 g/mol. The molecule has 2 fully saturated rings. The fourth-order valence-corrected chi connectivity index (χ4v) is 4.39. The second-order valence-corrected chi connectivity index (χ2v) is 6.89. The van der Waals surface area contributed by atoms with Crippen molar-refractivity contribution in [2.24, 2.45) is 5.73 Å². The molecular formula is C13H19N3O4S. The van der Waals surface area contributed by atoms with Gasteiger partial charge in [-0.2, -0.15) is 0 Å². The standard InChI is InChI=1S/C13H19N3O4S/c1-15-2-3-20-8(5-15)4-7-6-21-12-9(14)11(17)16(12)10(7)13(18)19/h8-9,12H,2-6,14H2,1H3,(H,18,19). The van der Waals surface area contributed by atoms with Crippen LogP contribution in [0.25, 0.3) is 0 Å². The number of aliphatic carboxylic acids is 1. The molecule has 3 aliphatic heterocycles. The number of hydrogen-bond acceptors (Lipinski definition) is 6. The van der Waals surface area contributed by atoms with Crippen molar-refractivity contribution in [3.63, 3.8) is 0 Å². The van der Waals surface area contributed by atoms with E-state index in [0.29, 0.717) is 18.8 Å². The number of nitrogens with two attached hydrogens (primary N) is 1. The smallest absolute Gasteiger partial charge is 0.248 e. The zero-order valence-electron chi connectivity index (χ0n) is 11.8. The summed E-state index contributed by atoms with van der Waals surface area (Å²) < 4.78 is 5.70. The molecule has 0 bridgehead atoms. The number of likely N-dealkylation sites (N-methyl/N-ethyl adjacent to an activating group) is 1. The number of nitrogens with one attached hydrogen (secondary N) is 1. The highest BCUT2D eigenvalue weighted by atomic mass is 32.2. The molecule has 0 aromatic rings. The van der Waals surface area contributed by atoms with Gasteiger partial charge in [0.25, 0.3) is 0 Å². The molecule has 3 N–H and O–H groups in total. The molecule has 0 spiro atoms. The first-order chi connectivity index (χ1) is 9.99. The summed E-state index contributed by atoms with van der Waals surface area (Å²) in [4.78, 5) is 25.9.